The number of aliphatic imine (C=N–C) groups is 1. The highest BCUT2D eigenvalue weighted by atomic mass is 127. The van der Waals surface area contributed by atoms with Gasteiger partial charge in [-0.2, -0.15) is 5.10 Å². The largest absolute Gasteiger partial charge is 0.488 e. The Labute approximate surface area is 195 Å². The van der Waals surface area contributed by atoms with Crippen molar-refractivity contribution in [1.29, 1.82) is 0 Å². The molecule has 3 rings (SSSR count). The second kappa shape index (κ2) is 10.9. The molecule has 0 radical (unpaired) electrons. The lowest BCUT2D eigenvalue weighted by Gasteiger charge is -2.26. The van der Waals surface area contributed by atoms with E-state index in [-0.39, 0.29) is 35.6 Å². The van der Waals surface area contributed by atoms with E-state index in [1.165, 1.54) is 0 Å². The summed E-state index contributed by atoms with van der Waals surface area (Å²) in [7, 11) is 3.44. The predicted octanol–water partition coefficient (Wildman–Crippen LogP) is 2.90. The molecule has 30 heavy (non-hydrogen) atoms. The summed E-state index contributed by atoms with van der Waals surface area (Å²) in [5, 5.41) is 11.4. The van der Waals surface area contributed by atoms with Gasteiger partial charge in [0, 0.05) is 38.7 Å². The van der Waals surface area contributed by atoms with Gasteiger partial charge < -0.3 is 20.1 Å². The van der Waals surface area contributed by atoms with Gasteiger partial charge in [0.25, 0.3) is 0 Å². The van der Waals surface area contributed by atoms with Gasteiger partial charge in [-0.15, -0.1) is 24.0 Å². The van der Waals surface area contributed by atoms with E-state index in [2.05, 4.69) is 52.5 Å². The lowest BCUT2D eigenvalue weighted by Crippen LogP contribution is -2.46. The fourth-order valence-electron chi connectivity index (χ4n) is 3.31. The Hall–Kier alpha value is -1.88. The molecule has 0 spiro atoms. The maximum atomic E-state index is 6.08. The number of nitrogens with zero attached hydrogens (tertiary/aromatic N) is 4. The molecule has 1 unspecified atom stereocenters. The quantitative estimate of drug-likeness (QED) is 0.341. The highest BCUT2D eigenvalue weighted by Crippen LogP contribution is 2.22. The Balaban J connectivity index is 0.00000320. The Morgan fingerprint density at radius 2 is 2.07 bits per heavy atom. The minimum absolute atomic E-state index is 0. The van der Waals surface area contributed by atoms with Crippen molar-refractivity contribution in [1.82, 2.24) is 25.4 Å². The number of aromatic nitrogens is 3. The van der Waals surface area contributed by atoms with Crippen molar-refractivity contribution in [2.45, 2.75) is 65.0 Å². The van der Waals surface area contributed by atoms with Crippen molar-refractivity contribution in [2.75, 3.05) is 14.2 Å². The Morgan fingerprint density at radius 3 is 2.77 bits per heavy atom. The zero-order valence-electron chi connectivity index (χ0n) is 18.4. The second-order valence-electron chi connectivity index (χ2n) is 8.19. The standard InChI is InChI=1S/C21H32N6O2.HI/c1-21(2,3)29-17-9-7-6-8-15(17)12-23-20(22-4)24-16-10-11-19-25-18(14-28-5)26-27(19)13-16;/h6-9,16H,10-14H2,1-5H3,(H2,22,23,24);1H. The molecule has 0 fully saturated rings. The summed E-state index contributed by atoms with van der Waals surface area (Å²) in [6, 6.07) is 8.33. The fraction of sp³-hybridized carbons (Fsp3) is 0.571. The molecule has 0 aliphatic carbocycles. The predicted molar refractivity (Wildman–Crippen MR) is 128 cm³/mol. The highest BCUT2D eigenvalue weighted by molar-refractivity contribution is 14.0. The second-order valence-corrected chi connectivity index (χ2v) is 8.19. The molecular weight excluding hydrogens is 495 g/mol. The normalized spacial score (nSPS) is 16.4. The van der Waals surface area contributed by atoms with Crippen LogP contribution in [0.2, 0.25) is 0 Å². The van der Waals surface area contributed by atoms with Crippen LogP contribution in [0.15, 0.2) is 29.3 Å². The summed E-state index contributed by atoms with van der Waals surface area (Å²) in [5.74, 6) is 3.41. The first-order chi connectivity index (χ1) is 13.9. The molecule has 1 aromatic carbocycles. The minimum atomic E-state index is -0.241. The Kier molecular flexibility index (Phi) is 8.90. The summed E-state index contributed by atoms with van der Waals surface area (Å²) in [4.78, 5) is 8.91. The third-order valence-electron chi connectivity index (χ3n) is 4.57. The molecule has 1 aliphatic heterocycles. The maximum absolute atomic E-state index is 6.08. The van der Waals surface area contributed by atoms with Crippen molar-refractivity contribution in [3.63, 3.8) is 0 Å². The average Bonchev–Trinajstić information content (AvgIpc) is 3.07. The zero-order chi connectivity index (χ0) is 20.9. The number of aryl methyl sites for hydroxylation is 1. The van der Waals surface area contributed by atoms with Crippen molar-refractivity contribution in [2.24, 2.45) is 4.99 Å². The number of hydrogen-bond donors (Lipinski definition) is 2. The molecule has 0 bridgehead atoms. The van der Waals surface area contributed by atoms with E-state index in [1.54, 1.807) is 14.2 Å². The molecule has 2 heterocycles. The number of fused-ring (bicyclic) bond motifs is 1. The van der Waals surface area contributed by atoms with Crippen LogP contribution < -0.4 is 15.4 Å². The van der Waals surface area contributed by atoms with Gasteiger partial charge in [0.2, 0.25) is 0 Å². The van der Waals surface area contributed by atoms with Crippen LogP contribution in [0.4, 0.5) is 0 Å². The molecule has 1 aromatic heterocycles. The van der Waals surface area contributed by atoms with E-state index in [9.17, 15) is 0 Å². The first-order valence-corrected chi connectivity index (χ1v) is 10.0. The number of methoxy groups -OCH3 is 1. The van der Waals surface area contributed by atoms with E-state index in [0.29, 0.717) is 13.2 Å². The summed E-state index contributed by atoms with van der Waals surface area (Å²) in [6.45, 7) is 7.99. The van der Waals surface area contributed by atoms with E-state index < -0.39 is 0 Å². The summed E-state index contributed by atoms with van der Waals surface area (Å²) >= 11 is 0. The van der Waals surface area contributed by atoms with Crippen LogP contribution in [0.5, 0.6) is 5.75 Å². The molecule has 2 aromatic rings. The maximum Gasteiger partial charge on any atom is 0.191 e. The van der Waals surface area contributed by atoms with Gasteiger partial charge in [-0.1, -0.05) is 18.2 Å². The van der Waals surface area contributed by atoms with Crippen LogP contribution in [0.25, 0.3) is 0 Å². The van der Waals surface area contributed by atoms with E-state index in [0.717, 1.165) is 48.3 Å². The molecule has 9 heteroatoms. The van der Waals surface area contributed by atoms with Gasteiger partial charge >= 0.3 is 0 Å². The van der Waals surface area contributed by atoms with Crippen LogP contribution in [0, 0.1) is 0 Å². The zero-order valence-corrected chi connectivity index (χ0v) is 20.8. The molecule has 1 aliphatic rings. The van der Waals surface area contributed by atoms with Gasteiger partial charge in [0.05, 0.1) is 6.54 Å². The van der Waals surface area contributed by atoms with Crippen molar-refractivity contribution >= 4 is 29.9 Å². The number of benzene rings is 1. The first kappa shape index (κ1) is 24.4. The van der Waals surface area contributed by atoms with Crippen molar-refractivity contribution in [3.8, 4) is 5.75 Å². The number of ether oxygens (including phenoxy) is 2. The van der Waals surface area contributed by atoms with Crippen LogP contribution in [0.3, 0.4) is 0 Å². The van der Waals surface area contributed by atoms with E-state index >= 15 is 0 Å². The lowest BCUT2D eigenvalue weighted by molar-refractivity contribution is 0.129. The summed E-state index contributed by atoms with van der Waals surface area (Å²) in [5.41, 5.74) is 0.853. The van der Waals surface area contributed by atoms with Crippen LogP contribution in [-0.4, -0.2) is 46.5 Å². The smallest absolute Gasteiger partial charge is 0.191 e. The van der Waals surface area contributed by atoms with Gasteiger partial charge in [0.15, 0.2) is 11.8 Å². The molecule has 2 N–H and O–H groups in total. The topological polar surface area (TPSA) is 85.6 Å². The number of hydrogen-bond acceptors (Lipinski definition) is 5. The van der Waals surface area contributed by atoms with Crippen molar-refractivity contribution in [3.05, 3.63) is 41.5 Å². The van der Waals surface area contributed by atoms with Gasteiger partial charge in [-0.3, -0.25) is 4.99 Å². The summed E-state index contributed by atoms with van der Waals surface area (Å²) < 4.78 is 13.2. The van der Waals surface area contributed by atoms with Gasteiger partial charge in [-0.25, -0.2) is 9.67 Å². The number of para-hydroxylation sites is 1. The molecule has 1 atom stereocenters. The highest BCUT2D eigenvalue weighted by Gasteiger charge is 2.22. The third-order valence-corrected chi connectivity index (χ3v) is 4.57. The van der Waals surface area contributed by atoms with Crippen LogP contribution >= 0.6 is 24.0 Å². The van der Waals surface area contributed by atoms with Crippen molar-refractivity contribution < 1.29 is 9.47 Å². The van der Waals surface area contributed by atoms with Crippen LogP contribution in [0.1, 0.15) is 44.4 Å². The summed E-state index contributed by atoms with van der Waals surface area (Å²) in [6.07, 6.45) is 1.86. The van der Waals surface area contributed by atoms with Gasteiger partial charge in [0.1, 0.15) is 23.8 Å². The molecule has 166 valence electrons. The molecular formula is C21H33IN6O2. The Bertz CT molecular complexity index is 846. The minimum Gasteiger partial charge on any atom is -0.488 e. The van der Waals surface area contributed by atoms with E-state index in [4.69, 9.17) is 9.47 Å². The number of guanidine groups is 1. The average molecular weight is 528 g/mol. The number of rotatable bonds is 6. The monoisotopic (exact) mass is 528 g/mol. The third kappa shape index (κ3) is 6.83. The number of halogens is 1. The molecule has 8 nitrogen and oxygen atoms in total. The fourth-order valence-corrected chi connectivity index (χ4v) is 3.31. The molecule has 0 saturated heterocycles. The first-order valence-electron chi connectivity index (χ1n) is 10.0. The van der Waals surface area contributed by atoms with Gasteiger partial charge in [-0.05, 0) is 33.3 Å². The SMILES string of the molecule is CN=C(NCc1ccccc1OC(C)(C)C)NC1CCc2nc(COC)nn2C1.I. The molecule has 0 amide bonds. The van der Waals surface area contributed by atoms with Crippen LogP contribution in [-0.2, 0) is 30.9 Å². The Morgan fingerprint density at radius 1 is 1.30 bits per heavy atom. The molecule has 0 saturated carbocycles. The lowest BCUT2D eigenvalue weighted by atomic mass is 10.1. The van der Waals surface area contributed by atoms with E-state index in [1.807, 2.05) is 22.9 Å². The number of nitrogens with one attached hydrogen (secondary N) is 2.